The first-order valence-electron chi connectivity index (χ1n) is 2.77. The number of nitrogens with two attached hydrogens (primary N) is 2. The van der Waals surface area contributed by atoms with E-state index in [4.69, 9.17) is 11.5 Å². The lowest BCUT2D eigenvalue weighted by Crippen LogP contribution is -2.34. The third-order valence-corrected chi connectivity index (χ3v) is 0.728. The van der Waals surface area contributed by atoms with Gasteiger partial charge in [-0.25, -0.2) is 0 Å². The van der Waals surface area contributed by atoms with Crippen LogP contribution in [0.1, 0.15) is 0 Å². The van der Waals surface area contributed by atoms with Gasteiger partial charge in [0.1, 0.15) is 0 Å². The van der Waals surface area contributed by atoms with Crippen molar-refractivity contribution < 1.29 is 0 Å². The van der Waals surface area contributed by atoms with E-state index in [1.807, 2.05) is 0 Å². The topological polar surface area (TPSA) is 64.1 Å². The number of nitrogens with one attached hydrogen (secondary N) is 1. The van der Waals surface area contributed by atoms with Crippen LogP contribution >= 0.6 is 0 Å². The number of hydrogen-bond acceptors (Lipinski definition) is 3. The molecule has 0 heterocycles. The molecule has 0 fully saturated rings. The summed E-state index contributed by atoms with van der Waals surface area (Å²) >= 11 is 0. The average Bonchev–Trinajstić information content (AvgIpc) is 1.66. The van der Waals surface area contributed by atoms with Crippen molar-refractivity contribution in [3.63, 3.8) is 0 Å². The van der Waals surface area contributed by atoms with Crippen LogP contribution in [0.5, 0.6) is 0 Å². The van der Waals surface area contributed by atoms with Crippen molar-refractivity contribution in [1.82, 2.24) is 5.32 Å². The van der Waals surface area contributed by atoms with Crippen LogP contribution in [0.4, 0.5) is 0 Å². The van der Waals surface area contributed by atoms with Gasteiger partial charge in [-0.05, 0) is 6.92 Å². The zero-order chi connectivity index (χ0) is 6.41. The quantitative estimate of drug-likeness (QED) is 0.400. The highest BCUT2D eigenvalue weighted by Gasteiger charge is 1.88. The minimum Gasteiger partial charge on any atom is -0.329 e. The fourth-order valence-corrected chi connectivity index (χ4v) is 0.390. The molecule has 0 spiro atoms. The first-order valence-corrected chi connectivity index (χ1v) is 2.77. The molecule has 0 bridgehead atoms. The van der Waals surface area contributed by atoms with Crippen LogP contribution in [0, 0.1) is 6.92 Å². The van der Waals surface area contributed by atoms with Gasteiger partial charge in [-0.3, -0.25) is 0 Å². The summed E-state index contributed by atoms with van der Waals surface area (Å²) in [6.45, 7) is 5.81. The summed E-state index contributed by atoms with van der Waals surface area (Å²) in [6.07, 6.45) is 0. The van der Waals surface area contributed by atoms with Crippen LogP contribution < -0.4 is 16.8 Å². The zero-order valence-corrected chi connectivity index (χ0v) is 5.06. The highest BCUT2D eigenvalue weighted by Crippen LogP contribution is 1.65. The predicted octanol–water partition coefficient (Wildman–Crippen LogP) is -1.30. The second-order valence-corrected chi connectivity index (χ2v) is 1.75. The van der Waals surface area contributed by atoms with Gasteiger partial charge in [0, 0.05) is 25.7 Å². The van der Waals surface area contributed by atoms with Gasteiger partial charge in [0.2, 0.25) is 0 Å². The van der Waals surface area contributed by atoms with Crippen molar-refractivity contribution >= 4 is 0 Å². The predicted molar refractivity (Wildman–Crippen MR) is 35.3 cm³/mol. The molecule has 0 amide bonds. The maximum absolute atomic E-state index is 5.32. The van der Waals surface area contributed by atoms with Crippen molar-refractivity contribution in [3.05, 3.63) is 6.92 Å². The molecular formula is C5H14N3. The van der Waals surface area contributed by atoms with Gasteiger partial charge in [0.15, 0.2) is 0 Å². The van der Waals surface area contributed by atoms with Crippen LogP contribution in [-0.4, -0.2) is 25.7 Å². The number of rotatable bonds is 4. The molecule has 0 aliphatic rings. The molecule has 0 aromatic rings. The molecule has 0 saturated heterocycles. The summed E-state index contributed by atoms with van der Waals surface area (Å²) in [5, 5.41) is 3.02. The van der Waals surface area contributed by atoms with Crippen molar-refractivity contribution in [3.8, 4) is 0 Å². The van der Waals surface area contributed by atoms with Gasteiger partial charge in [-0.1, -0.05) is 0 Å². The molecule has 1 atom stereocenters. The summed E-state index contributed by atoms with van der Waals surface area (Å²) in [5.74, 6) is 0. The number of hydrogen-bond donors (Lipinski definition) is 3. The lowest BCUT2D eigenvalue weighted by atomic mass is 10.4. The second kappa shape index (κ2) is 5.03. The van der Waals surface area contributed by atoms with E-state index in [9.17, 15) is 0 Å². The summed E-state index contributed by atoms with van der Waals surface area (Å²) in [4.78, 5) is 0. The first-order chi connectivity index (χ1) is 3.77. The average molecular weight is 116 g/mol. The molecule has 0 rings (SSSR count). The third-order valence-electron chi connectivity index (χ3n) is 0.728. The molecule has 3 nitrogen and oxygen atoms in total. The van der Waals surface area contributed by atoms with Gasteiger partial charge >= 0.3 is 0 Å². The molecule has 5 N–H and O–H groups in total. The second-order valence-electron chi connectivity index (χ2n) is 1.75. The van der Waals surface area contributed by atoms with Crippen LogP contribution in [0.3, 0.4) is 0 Å². The lowest BCUT2D eigenvalue weighted by molar-refractivity contribution is 0.642. The first kappa shape index (κ1) is 7.88. The van der Waals surface area contributed by atoms with E-state index in [-0.39, 0.29) is 6.04 Å². The Morgan fingerprint density at radius 1 is 1.62 bits per heavy atom. The normalized spacial score (nSPS) is 13.9. The third kappa shape index (κ3) is 5.88. The van der Waals surface area contributed by atoms with Gasteiger partial charge in [-0.2, -0.15) is 0 Å². The molecule has 0 aromatic heterocycles. The molecule has 0 aliphatic heterocycles. The smallest absolute Gasteiger partial charge is 0.0165 e. The summed E-state index contributed by atoms with van der Waals surface area (Å²) in [6, 6.07) is -0.0125. The SMILES string of the molecule is [CH2]C(N)CNCCN. The van der Waals surface area contributed by atoms with E-state index in [0.29, 0.717) is 6.54 Å². The highest BCUT2D eigenvalue weighted by atomic mass is 14.9. The molecule has 1 unspecified atom stereocenters. The van der Waals surface area contributed by atoms with Gasteiger partial charge < -0.3 is 16.8 Å². The molecule has 1 radical (unpaired) electrons. The summed E-state index contributed by atoms with van der Waals surface area (Å²) in [5.41, 5.74) is 10.5. The van der Waals surface area contributed by atoms with Crippen molar-refractivity contribution in [2.75, 3.05) is 19.6 Å². The van der Waals surface area contributed by atoms with Gasteiger partial charge in [-0.15, -0.1) is 0 Å². The summed E-state index contributed by atoms with van der Waals surface area (Å²) in [7, 11) is 0. The Morgan fingerprint density at radius 3 is 2.62 bits per heavy atom. The Balaban J connectivity index is 2.72. The van der Waals surface area contributed by atoms with Crippen molar-refractivity contribution in [2.24, 2.45) is 11.5 Å². The van der Waals surface area contributed by atoms with Crippen molar-refractivity contribution in [1.29, 1.82) is 0 Å². The van der Waals surface area contributed by atoms with E-state index in [1.165, 1.54) is 0 Å². The fourth-order valence-electron chi connectivity index (χ4n) is 0.390. The minimum absolute atomic E-state index is 0.0125. The highest BCUT2D eigenvalue weighted by molar-refractivity contribution is 4.65. The van der Waals surface area contributed by atoms with Gasteiger partial charge in [0.05, 0.1) is 0 Å². The van der Waals surface area contributed by atoms with Crippen LogP contribution in [0.15, 0.2) is 0 Å². The Kier molecular flexibility index (Phi) is 4.95. The minimum atomic E-state index is -0.0125. The Labute approximate surface area is 50.4 Å². The van der Waals surface area contributed by atoms with Crippen LogP contribution in [0.2, 0.25) is 0 Å². The molecule has 3 heteroatoms. The Hall–Kier alpha value is -0.120. The largest absolute Gasteiger partial charge is 0.329 e. The van der Waals surface area contributed by atoms with Crippen molar-refractivity contribution in [2.45, 2.75) is 6.04 Å². The fraction of sp³-hybridized carbons (Fsp3) is 0.800. The van der Waals surface area contributed by atoms with E-state index >= 15 is 0 Å². The van der Waals surface area contributed by atoms with E-state index in [2.05, 4.69) is 12.2 Å². The van der Waals surface area contributed by atoms with E-state index in [1.54, 1.807) is 0 Å². The maximum atomic E-state index is 5.32. The molecule has 0 aliphatic carbocycles. The molecular weight excluding hydrogens is 102 g/mol. The summed E-state index contributed by atoms with van der Waals surface area (Å²) < 4.78 is 0. The van der Waals surface area contributed by atoms with Crippen LogP contribution in [-0.2, 0) is 0 Å². The van der Waals surface area contributed by atoms with Gasteiger partial charge in [0.25, 0.3) is 0 Å². The monoisotopic (exact) mass is 116 g/mol. The van der Waals surface area contributed by atoms with E-state index in [0.717, 1.165) is 13.1 Å². The standard InChI is InChI=1S/C5H14N3/c1-5(7)4-8-3-2-6/h5,8H,1-4,6-7H2. The molecule has 8 heavy (non-hydrogen) atoms. The Morgan fingerprint density at radius 2 is 2.25 bits per heavy atom. The maximum Gasteiger partial charge on any atom is 0.0165 e. The molecule has 49 valence electrons. The van der Waals surface area contributed by atoms with E-state index < -0.39 is 0 Å². The molecule has 0 aromatic carbocycles. The molecule has 0 saturated carbocycles. The van der Waals surface area contributed by atoms with Crippen LogP contribution in [0.25, 0.3) is 0 Å². The lowest BCUT2D eigenvalue weighted by Gasteiger charge is -2.04. The Bertz CT molecular complexity index is 44.9. The zero-order valence-electron chi connectivity index (χ0n) is 5.06.